The van der Waals surface area contributed by atoms with Crippen LogP contribution in [-0.2, 0) is 17.9 Å². The largest absolute Gasteiger partial charge is 0.490 e. The zero-order chi connectivity index (χ0) is 25.7. The van der Waals surface area contributed by atoms with E-state index in [0.29, 0.717) is 11.4 Å². The van der Waals surface area contributed by atoms with Crippen LogP contribution >= 0.6 is 0 Å². The first-order valence-electron chi connectivity index (χ1n) is 11.3. The van der Waals surface area contributed by atoms with E-state index in [9.17, 15) is 19.5 Å². The molecule has 0 amide bonds. The highest BCUT2D eigenvalue weighted by Gasteiger charge is 2.19. The van der Waals surface area contributed by atoms with Crippen LogP contribution in [0, 0.1) is 12.8 Å². The third-order valence-electron chi connectivity index (χ3n) is 5.34. The van der Waals surface area contributed by atoms with Gasteiger partial charge in [-0.1, -0.05) is 49.4 Å². The summed E-state index contributed by atoms with van der Waals surface area (Å²) in [6.07, 6.45) is 1.63. The zero-order valence-corrected chi connectivity index (χ0v) is 20.3. The maximum atomic E-state index is 13.3. The molecular formula is C26H30N4O5. The number of rotatable bonds is 10. The van der Waals surface area contributed by atoms with Crippen LogP contribution in [0.15, 0.2) is 58.6 Å². The van der Waals surface area contributed by atoms with Crippen molar-refractivity contribution >= 4 is 23.7 Å². The van der Waals surface area contributed by atoms with Crippen molar-refractivity contribution in [2.45, 2.75) is 46.9 Å². The summed E-state index contributed by atoms with van der Waals surface area (Å²) in [4.78, 5) is 41.5. The number of benzene rings is 2. The summed E-state index contributed by atoms with van der Waals surface area (Å²) in [7, 11) is 0. The first-order valence-corrected chi connectivity index (χ1v) is 11.3. The van der Waals surface area contributed by atoms with Gasteiger partial charge < -0.3 is 15.2 Å². The second kappa shape index (κ2) is 10.9. The number of carboxylic acid groups (broad SMARTS) is 1. The van der Waals surface area contributed by atoms with Gasteiger partial charge in [-0.05, 0) is 44.5 Å². The van der Waals surface area contributed by atoms with Crippen LogP contribution < -0.4 is 21.4 Å². The van der Waals surface area contributed by atoms with Gasteiger partial charge in [-0.3, -0.25) is 9.36 Å². The SMILES string of the molecule is C=Cc1cc(Nc2nc(=O)n(CC(C)C(=O)O)c(=O)n2Cc2ccc(C)cc2)ccc1OC(C)C. The fourth-order valence-corrected chi connectivity index (χ4v) is 3.43. The summed E-state index contributed by atoms with van der Waals surface area (Å²) in [6, 6.07) is 12.9. The van der Waals surface area contributed by atoms with E-state index in [0.717, 1.165) is 21.3 Å². The molecule has 0 aliphatic rings. The minimum absolute atomic E-state index is 0.0188. The summed E-state index contributed by atoms with van der Waals surface area (Å²) in [6.45, 7) is 10.9. The first kappa shape index (κ1) is 25.5. The van der Waals surface area contributed by atoms with Gasteiger partial charge in [-0.25, -0.2) is 14.2 Å². The van der Waals surface area contributed by atoms with Gasteiger partial charge in [0.15, 0.2) is 0 Å². The van der Waals surface area contributed by atoms with Crippen molar-refractivity contribution in [3.05, 3.63) is 86.7 Å². The standard InChI is InChI=1S/C26H30N4O5/c1-6-20-13-21(11-12-22(20)35-16(2)3)27-24-28-25(33)30(14-18(5)23(31)32)26(34)29(24)15-19-9-7-17(4)8-10-19/h6-13,16,18H,1,14-15H2,2-5H3,(H,31,32)(H,27,28,33). The van der Waals surface area contributed by atoms with Crippen LogP contribution in [0.5, 0.6) is 5.75 Å². The molecule has 0 aliphatic carbocycles. The van der Waals surface area contributed by atoms with Gasteiger partial charge >= 0.3 is 17.3 Å². The fraction of sp³-hybridized carbons (Fsp3) is 0.308. The molecule has 184 valence electrons. The maximum Gasteiger partial charge on any atom is 0.354 e. The van der Waals surface area contributed by atoms with Gasteiger partial charge in [-0.2, -0.15) is 4.98 Å². The van der Waals surface area contributed by atoms with Gasteiger partial charge in [0, 0.05) is 17.8 Å². The number of carboxylic acids is 1. The van der Waals surface area contributed by atoms with Gasteiger partial charge in [0.1, 0.15) is 5.75 Å². The molecule has 1 heterocycles. The normalized spacial score (nSPS) is 11.8. The molecule has 1 aromatic heterocycles. The predicted molar refractivity (Wildman–Crippen MR) is 135 cm³/mol. The number of aryl methyl sites for hydroxylation is 1. The molecule has 0 radical (unpaired) electrons. The molecule has 9 heteroatoms. The second-order valence-corrected chi connectivity index (χ2v) is 8.67. The minimum atomic E-state index is -1.11. The van der Waals surface area contributed by atoms with E-state index in [1.165, 1.54) is 11.5 Å². The van der Waals surface area contributed by atoms with Crippen LogP contribution in [0.4, 0.5) is 11.6 Å². The maximum absolute atomic E-state index is 13.3. The lowest BCUT2D eigenvalue weighted by atomic mass is 10.1. The molecule has 1 atom stereocenters. The Labute approximate surface area is 203 Å². The molecule has 1 unspecified atom stereocenters. The highest BCUT2D eigenvalue weighted by Crippen LogP contribution is 2.26. The molecule has 0 bridgehead atoms. The third-order valence-corrected chi connectivity index (χ3v) is 5.34. The van der Waals surface area contributed by atoms with Crippen molar-refractivity contribution in [3.63, 3.8) is 0 Å². The Kier molecular flexibility index (Phi) is 7.91. The molecular weight excluding hydrogens is 448 g/mol. The molecule has 0 spiro atoms. The lowest BCUT2D eigenvalue weighted by Crippen LogP contribution is -2.44. The summed E-state index contributed by atoms with van der Waals surface area (Å²) in [5.74, 6) is -1.34. The molecule has 3 rings (SSSR count). The Morgan fingerprint density at radius 1 is 1.14 bits per heavy atom. The predicted octanol–water partition coefficient (Wildman–Crippen LogP) is 3.66. The van der Waals surface area contributed by atoms with Gasteiger partial charge in [0.05, 0.1) is 18.6 Å². The van der Waals surface area contributed by atoms with E-state index in [-0.39, 0.29) is 25.1 Å². The van der Waals surface area contributed by atoms with Crippen molar-refractivity contribution in [1.82, 2.24) is 14.1 Å². The van der Waals surface area contributed by atoms with Crippen LogP contribution in [0.25, 0.3) is 6.08 Å². The van der Waals surface area contributed by atoms with Crippen LogP contribution in [0.2, 0.25) is 0 Å². The highest BCUT2D eigenvalue weighted by atomic mass is 16.5. The minimum Gasteiger partial charge on any atom is -0.490 e. The number of nitrogens with zero attached hydrogens (tertiary/aromatic N) is 3. The molecule has 2 N–H and O–H groups in total. The Hall–Kier alpha value is -4.14. The molecule has 0 fully saturated rings. The van der Waals surface area contributed by atoms with E-state index in [1.807, 2.05) is 45.0 Å². The topological polar surface area (TPSA) is 115 Å². The number of anilines is 2. The first-order chi connectivity index (χ1) is 16.6. The number of carbonyl (C=O) groups is 1. The van der Waals surface area contributed by atoms with Gasteiger partial charge in [0.2, 0.25) is 5.95 Å². The molecule has 35 heavy (non-hydrogen) atoms. The Balaban J connectivity index is 2.08. The average molecular weight is 479 g/mol. The third kappa shape index (κ3) is 6.26. The highest BCUT2D eigenvalue weighted by molar-refractivity contribution is 5.69. The monoisotopic (exact) mass is 478 g/mol. The Morgan fingerprint density at radius 2 is 1.83 bits per heavy atom. The second-order valence-electron chi connectivity index (χ2n) is 8.67. The van der Waals surface area contributed by atoms with Gasteiger partial charge in [0.25, 0.3) is 0 Å². The smallest absolute Gasteiger partial charge is 0.354 e. The summed E-state index contributed by atoms with van der Waals surface area (Å²) in [5, 5.41) is 12.3. The Bertz CT molecular complexity index is 1340. The number of aliphatic carboxylic acids is 1. The number of nitrogens with one attached hydrogen (secondary N) is 1. The summed E-state index contributed by atoms with van der Waals surface area (Å²) < 4.78 is 7.97. The van der Waals surface area contributed by atoms with E-state index in [4.69, 9.17) is 4.74 Å². The Morgan fingerprint density at radius 3 is 2.43 bits per heavy atom. The lowest BCUT2D eigenvalue weighted by molar-refractivity contribution is -0.141. The van der Waals surface area contributed by atoms with Crippen LogP contribution in [0.1, 0.15) is 37.5 Å². The number of aromatic nitrogens is 3. The van der Waals surface area contributed by atoms with E-state index >= 15 is 0 Å². The van der Waals surface area contributed by atoms with E-state index < -0.39 is 23.3 Å². The fourth-order valence-electron chi connectivity index (χ4n) is 3.43. The van der Waals surface area contributed by atoms with Crippen molar-refractivity contribution < 1.29 is 14.6 Å². The van der Waals surface area contributed by atoms with E-state index in [2.05, 4.69) is 16.9 Å². The molecule has 0 aliphatic heterocycles. The average Bonchev–Trinajstić information content (AvgIpc) is 2.80. The van der Waals surface area contributed by atoms with Gasteiger partial charge in [-0.15, -0.1) is 0 Å². The van der Waals surface area contributed by atoms with Crippen molar-refractivity contribution in [2.24, 2.45) is 5.92 Å². The number of ether oxygens (including phenoxy) is 1. The molecule has 0 saturated heterocycles. The van der Waals surface area contributed by atoms with Crippen molar-refractivity contribution in [3.8, 4) is 5.75 Å². The van der Waals surface area contributed by atoms with Crippen LogP contribution in [0.3, 0.4) is 0 Å². The van der Waals surface area contributed by atoms with Crippen molar-refractivity contribution in [1.29, 1.82) is 0 Å². The molecule has 3 aromatic rings. The summed E-state index contributed by atoms with van der Waals surface area (Å²) in [5.41, 5.74) is 1.74. The van der Waals surface area contributed by atoms with E-state index in [1.54, 1.807) is 24.3 Å². The molecule has 2 aromatic carbocycles. The number of hydrogen-bond acceptors (Lipinski definition) is 6. The quantitative estimate of drug-likeness (QED) is 0.457. The summed E-state index contributed by atoms with van der Waals surface area (Å²) >= 11 is 0. The van der Waals surface area contributed by atoms with Crippen LogP contribution in [-0.4, -0.2) is 31.3 Å². The molecule has 9 nitrogen and oxygen atoms in total. The van der Waals surface area contributed by atoms with Crippen molar-refractivity contribution in [2.75, 3.05) is 5.32 Å². The molecule has 0 saturated carbocycles. The zero-order valence-electron chi connectivity index (χ0n) is 20.3. The number of hydrogen-bond donors (Lipinski definition) is 2. The lowest BCUT2D eigenvalue weighted by Gasteiger charge is -2.18.